The van der Waals surface area contributed by atoms with E-state index in [1.165, 1.54) is 18.2 Å². The van der Waals surface area contributed by atoms with Gasteiger partial charge >= 0.3 is 6.18 Å². The van der Waals surface area contributed by atoms with Crippen molar-refractivity contribution < 1.29 is 32.3 Å². The quantitative estimate of drug-likeness (QED) is 0.625. The van der Waals surface area contributed by atoms with Crippen LogP contribution in [0.15, 0.2) is 50.1 Å². The van der Waals surface area contributed by atoms with E-state index in [1.54, 1.807) is 32.3 Å². The first-order valence-electron chi connectivity index (χ1n) is 8.20. The largest absolute Gasteiger partial charge is 0.507 e. The van der Waals surface area contributed by atoms with Crippen LogP contribution in [0, 0.1) is 0 Å². The summed E-state index contributed by atoms with van der Waals surface area (Å²) in [5.74, 6) is -2.72. The van der Waals surface area contributed by atoms with Gasteiger partial charge in [0.1, 0.15) is 18.0 Å². The number of nitrogens with one attached hydrogen (secondary N) is 1. The van der Waals surface area contributed by atoms with E-state index in [1.807, 2.05) is 0 Å². The third-order valence-corrected chi connectivity index (χ3v) is 4.59. The standard InChI is InChI=1S/C19H15BrF3NO4/c1-24(2)9-11-13(25)8-7-10-15(26)17(18(19(21,22)23)28-16(10)11)27-14-6-4-3-5-12(14)20/h3-8,25H,9H2,1-2H3/p+1. The van der Waals surface area contributed by atoms with Crippen LogP contribution in [-0.4, -0.2) is 19.2 Å². The van der Waals surface area contributed by atoms with Crippen molar-refractivity contribution in [3.63, 3.8) is 0 Å². The molecular weight excluding hydrogens is 443 g/mol. The number of ether oxygens (including phenoxy) is 1. The Kier molecular flexibility index (Phi) is 5.40. The van der Waals surface area contributed by atoms with Crippen LogP contribution in [-0.2, 0) is 12.7 Å². The predicted octanol–water partition coefficient (Wildman–Crippen LogP) is 3.72. The molecule has 0 atom stereocenters. The van der Waals surface area contributed by atoms with Crippen LogP contribution in [0.3, 0.4) is 0 Å². The molecule has 0 aliphatic carbocycles. The summed E-state index contributed by atoms with van der Waals surface area (Å²) in [4.78, 5) is 13.7. The molecule has 28 heavy (non-hydrogen) atoms. The van der Waals surface area contributed by atoms with Crippen molar-refractivity contribution >= 4 is 26.9 Å². The number of benzene rings is 2. The fourth-order valence-corrected chi connectivity index (χ4v) is 3.09. The highest BCUT2D eigenvalue weighted by atomic mass is 79.9. The molecule has 0 bridgehead atoms. The minimum absolute atomic E-state index is 0.0383. The van der Waals surface area contributed by atoms with Crippen molar-refractivity contribution in [1.82, 2.24) is 0 Å². The van der Waals surface area contributed by atoms with Crippen molar-refractivity contribution in [2.24, 2.45) is 0 Å². The Morgan fingerprint density at radius 2 is 1.86 bits per heavy atom. The number of alkyl halides is 3. The summed E-state index contributed by atoms with van der Waals surface area (Å²) < 4.78 is 51.8. The molecule has 5 nitrogen and oxygen atoms in total. The van der Waals surface area contributed by atoms with Gasteiger partial charge in [0, 0.05) is 0 Å². The second kappa shape index (κ2) is 7.48. The lowest BCUT2D eigenvalue weighted by Gasteiger charge is -2.16. The third kappa shape index (κ3) is 3.85. The summed E-state index contributed by atoms with van der Waals surface area (Å²) in [7, 11) is 3.51. The molecule has 2 aromatic carbocycles. The highest BCUT2D eigenvalue weighted by Gasteiger charge is 2.41. The number of aromatic hydroxyl groups is 1. The second-order valence-electron chi connectivity index (χ2n) is 6.44. The molecule has 9 heteroatoms. The predicted molar refractivity (Wildman–Crippen MR) is 99.9 cm³/mol. The van der Waals surface area contributed by atoms with Crippen LogP contribution < -0.4 is 15.1 Å². The van der Waals surface area contributed by atoms with Gasteiger partial charge in [0.2, 0.25) is 11.2 Å². The number of hydrogen-bond acceptors (Lipinski definition) is 4. The smallest absolute Gasteiger partial charge is 0.453 e. The van der Waals surface area contributed by atoms with Crippen LogP contribution in [0.25, 0.3) is 11.0 Å². The Bertz CT molecular complexity index is 1090. The van der Waals surface area contributed by atoms with Crippen molar-refractivity contribution in [3.05, 3.63) is 62.4 Å². The molecule has 0 aliphatic heterocycles. The van der Waals surface area contributed by atoms with Crippen LogP contribution in [0.5, 0.6) is 17.2 Å². The van der Waals surface area contributed by atoms with Gasteiger partial charge < -0.3 is 19.2 Å². The maximum Gasteiger partial charge on any atom is 0.453 e. The summed E-state index contributed by atoms with van der Waals surface area (Å²) in [6.45, 7) is 0.161. The van der Waals surface area contributed by atoms with Gasteiger partial charge in [-0.05, 0) is 40.2 Å². The average molecular weight is 459 g/mol. The molecule has 0 aliphatic rings. The SMILES string of the molecule is C[NH+](C)Cc1c(O)ccc2c(=O)c(Oc3ccccc3Br)c(C(F)(F)F)oc12. The monoisotopic (exact) mass is 458 g/mol. The first-order chi connectivity index (χ1) is 13.1. The van der Waals surface area contributed by atoms with Crippen molar-refractivity contribution in [3.8, 4) is 17.2 Å². The number of phenolic OH excluding ortho intramolecular Hbond substituents is 1. The molecular formula is C19H16BrF3NO4+. The summed E-state index contributed by atoms with van der Waals surface area (Å²) in [5.41, 5.74) is -1.16. The third-order valence-electron chi connectivity index (χ3n) is 3.93. The fraction of sp³-hybridized carbons (Fsp3) is 0.211. The van der Waals surface area contributed by atoms with Gasteiger partial charge in [-0.25, -0.2) is 0 Å². The first kappa shape index (κ1) is 20.2. The van der Waals surface area contributed by atoms with E-state index in [9.17, 15) is 23.1 Å². The van der Waals surface area contributed by atoms with Crippen LogP contribution in [0.4, 0.5) is 13.2 Å². The van der Waals surface area contributed by atoms with E-state index >= 15 is 0 Å². The molecule has 0 fully saturated rings. The van der Waals surface area contributed by atoms with Crippen LogP contribution in [0.1, 0.15) is 11.3 Å². The molecule has 3 rings (SSSR count). The van der Waals surface area contributed by atoms with Crippen molar-refractivity contribution in [2.75, 3.05) is 14.1 Å². The Balaban J connectivity index is 2.32. The van der Waals surface area contributed by atoms with E-state index in [0.717, 1.165) is 4.90 Å². The number of para-hydroxylation sites is 1. The van der Waals surface area contributed by atoms with Crippen LogP contribution in [0.2, 0.25) is 0 Å². The molecule has 0 saturated heterocycles. The topological polar surface area (TPSA) is 64.1 Å². The van der Waals surface area contributed by atoms with E-state index in [-0.39, 0.29) is 34.6 Å². The van der Waals surface area contributed by atoms with Crippen LogP contribution >= 0.6 is 15.9 Å². The van der Waals surface area contributed by atoms with Gasteiger partial charge in [0.15, 0.2) is 5.58 Å². The van der Waals surface area contributed by atoms with Gasteiger partial charge in [0.05, 0.1) is 29.5 Å². The van der Waals surface area contributed by atoms with E-state index in [0.29, 0.717) is 4.47 Å². The Labute approximate surface area is 166 Å². The highest BCUT2D eigenvalue weighted by Crippen LogP contribution is 2.40. The van der Waals surface area contributed by atoms with E-state index in [2.05, 4.69) is 15.9 Å². The molecule has 1 aromatic heterocycles. The van der Waals surface area contributed by atoms with Crippen molar-refractivity contribution in [1.29, 1.82) is 0 Å². The fourth-order valence-electron chi connectivity index (χ4n) is 2.73. The average Bonchev–Trinajstić information content (AvgIpc) is 2.60. The van der Waals surface area contributed by atoms with Crippen molar-refractivity contribution in [2.45, 2.75) is 12.7 Å². The zero-order valence-corrected chi connectivity index (χ0v) is 16.4. The maximum absolute atomic E-state index is 13.7. The summed E-state index contributed by atoms with van der Waals surface area (Å²) in [5, 5.41) is 9.98. The van der Waals surface area contributed by atoms with E-state index < -0.39 is 23.1 Å². The Morgan fingerprint density at radius 1 is 1.18 bits per heavy atom. The molecule has 1 heterocycles. The number of phenols is 1. The Morgan fingerprint density at radius 3 is 2.46 bits per heavy atom. The Hall–Kier alpha value is -2.52. The minimum atomic E-state index is -4.97. The van der Waals surface area contributed by atoms with Gasteiger partial charge in [0.25, 0.3) is 5.76 Å². The summed E-state index contributed by atoms with van der Waals surface area (Å²) >= 11 is 3.18. The highest BCUT2D eigenvalue weighted by molar-refractivity contribution is 9.10. The van der Waals surface area contributed by atoms with Gasteiger partial charge in [-0.3, -0.25) is 4.79 Å². The van der Waals surface area contributed by atoms with Gasteiger partial charge in [-0.1, -0.05) is 12.1 Å². The zero-order chi connectivity index (χ0) is 20.6. The number of rotatable bonds is 4. The van der Waals surface area contributed by atoms with E-state index in [4.69, 9.17) is 9.15 Å². The maximum atomic E-state index is 13.7. The molecule has 2 N–H and O–H groups in total. The lowest BCUT2D eigenvalue weighted by atomic mass is 10.1. The summed E-state index contributed by atoms with van der Waals surface area (Å²) in [6.07, 6.45) is -4.97. The lowest BCUT2D eigenvalue weighted by Crippen LogP contribution is -3.04. The lowest BCUT2D eigenvalue weighted by molar-refractivity contribution is -0.872. The molecule has 0 radical (unpaired) electrons. The normalized spacial score (nSPS) is 12.0. The second-order valence-corrected chi connectivity index (χ2v) is 7.30. The molecule has 0 spiro atoms. The number of halogens is 4. The first-order valence-corrected chi connectivity index (χ1v) is 8.99. The molecule has 148 valence electrons. The molecule has 0 amide bonds. The zero-order valence-electron chi connectivity index (χ0n) is 14.9. The molecule has 3 aromatic rings. The van der Waals surface area contributed by atoms with Gasteiger partial charge in [-0.2, -0.15) is 13.2 Å². The molecule has 0 unspecified atom stereocenters. The number of hydrogen-bond donors (Lipinski definition) is 2. The van der Waals surface area contributed by atoms with Gasteiger partial charge in [-0.15, -0.1) is 0 Å². The number of fused-ring (bicyclic) bond motifs is 1. The molecule has 0 saturated carbocycles. The summed E-state index contributed by atoms with van der Waals surface area (Å²) in [6, 6.07) is 8.69. The number of quaternary nitrogens is 1. The minimum Gasteiger partial charge on any atom is -0.507 e.